The number of hydrogen-bond donors (Lipinski definition) is 0. The lowest BCUT2D eigenvalue weighted by molar-refractivity contribution is -0.144. The first-order chi connectivity index (χ1) is 12.3. The van der Waals surface area contributed by atoms with Crippen molar-refractivity contribution in [1.29, 1.82) is 0 Å². The van der Waals surface area contributed by atoms with Crippen molar-refractivity contribution >= 4 is 5.97 Å². The molecule has 0 heterocycles. The predicted molar refractivity (Wildman–Crippen MR) is 107 cm³/mol. The highest BCUT2D eigenvalue weighted by Crippen LogP contribution is 2.13. The zero-order valence-corrected chi connectivity index (χ0v) is 17.2. The molecule has 0 saturated carbocycles. The molecular formula is C22H44O3. The summed E-state index contributed by atoms with van der Waals surface area (Å²) in [6.07, 6.45) is 21.6. The van der Waals surface area contributed by atoms with Gasteiger partial charge in [-0.3, -0.25) is 4.79 Å². The molecule has 0 rings (SSSR count). The molecule has 0 bridgehead atoms. The average molecular weight is 357 g/mol. The standard InChI is InChI=1S/C22H44O3/c1-3-4-5-6-7-8-9-10-11-12-13-14-15-16-17-19-22(23)25-21-18-20-24-2/h3-21H2,1-2H3. The van der Waals surface area contributed by atoms with Crippen LogP contribution in [0.3, 0.4) is 0 Å². The van der Waals surface area contributed by atoms with Gasteiger partial charge in [0.1, 0.15) is 0 Å². The fourth-order valence-corrected chi connectivity index (χ4v) is 3.10. The number of esters is 1. The quantitative estimate of drug-likeness (QED) is 0.177. The topological polar surface area (TPSA) is 35.5 Å². The van der Waals surface area contributed by atoms with Crippen LogP contribution >= 0.6 is 0 Å². The van der Waals surface area contributed by atoms with E-state index in [1.165, 1.54) is 83.5 Å². The molecule has 0 saturated heterocycles. The molecule has 25 heavy (non-hydrogen) atoms. The van der Waals surface area contributed by atoms with Gasteiger partial charge in [0.05, 0.1) is 6.61 Å². The van der Waals surface area contributed by atoms with Crippen LogP contribution in [-0.2, 0) is 14.3 Å². The molecule has 0 spiro atoms. The molecule has 0 aromatic heterocycles. The second kappa shape index (κ2) is 21.5. The fourth-order valence-electron chi connectivity index (χ4n) is 3.10. The van der Waals surface area contributed by atoms with Crippen molar-refractivity contribution in [1.82, 2.24) is 0 Å². The molecule has 3 nitrogen and oxygen atoms in total. The van der Waals surface area contributed by atoms with Gasteiger partial charge in [0.25, 0.3) is 0 Å². The van der Waals surface area contributed by atoms with Gasteiger partial charge in [-0.15, -0.1) is 0 Å². The van der Waals surface area contributed by atoms with Crippen molar-refractivity contribution < 1.29 is 14.3 Å². The number of carbonyl (C=O) groups excluding carboxylic acids is 1. The minimum atomic E-state index is -0.0502. The van der Waals surface area contributed by atoms with Crippen LogP contribution in [0.15, 0.2) is 0 Å². The fraction of sp³-hybridized carbons (Fsp3) is 0.955. The summed E-state index contributed by atoms with van der Waals surface area (Å²) >= 11 is 0. The molecular weight excluding hydrogens is 312 g/mol. The maximum Gasteiger partial charge on any atom is 0.305 e. The van der Waals surface area contributed by atoms with E-state index in [9.17, 15) is 4.79 Å². The second-order valence-corrected chi connectivity index (χ2v) is 7.27. The Bertz CT molecular complexity index is 266. The van der Waals surface area contributed by atoms with Crippen LogP contribution in [0.25, 0.3) is 0 Å². The average Bonchev–Trinajstić information content (AvgIpc) is 2.62. The van der Waals surface area contributed by atoms with E-state index >= 15 is 0 Å². The Labute approximate surface area is 157 Å². The molecule has 0 fully saturated rings. The van der Waals surface area contributed by atoms with E-state index in [0.29, 0.717) is 19.6 Å². The number of hydrogen-bond acceptors (Lipinski definition) is 3. The van der Waals surface area contributed by atoms with Crippen LogP contribution < -0.4 is 0 Å². The summed E-state index contributed by atoms with van der Waals surface area (Å²) in [4.78, 5) is 11.5. The molecule has 0 atom stereocenters. The zero-order valence-electron chi connectivity index (χ0n) is 17.2. The molecule has 0 aromatic carbocycles. The van der Waals surface area contributed by atoms with Crippen LogP contribution in [0, 0.1) is 0 Å². The van der Waals surface area contributed by atoms with Gasteiger partial charge in [0.15, 0.2) is 0 Å². The van der Waals surface area contributed by atoms with Gasteiger partial charge in [-0.05, 0) is 6.42 Å². The van der Waals surface area contributed by atoms with Crippen LogP contribution in [0.4, 0.5) is 0 Å². The van der Waals surface area contributed by atoms with E-state index in [4.69, 9.17) is 9.47 Å². The maximum atomic E-state index is 11.5. The van der Waals surface area contributed by atoms with Crippen molar-refractivity contribution in [3.05, 3.63) is 0 Å². The molecule has 0 aliphatic rings. The van der Waals surface area contributed by atoms with E-state index in [1.807, 2.05) is 0 Å². The summed E-state index contributed by atoms with van der Waals surface area (Å²) in [6.45, 7) is 3.43. The summed E-state index contributed by atoms with van der Waals surface area (Å²) in [5.41, 5.74) is 0. The molecule has 0 aliphatic heterocycles. The van der Waals surface area contributed by atoms with Crippen molar-refractivity contribution in [3.8, 4) is 0 Å². The van der Waals surface area contributed by atoms with Crippen molar-refractivity contribution in [2.75, 3.05) is 20.3 Å². The number of carbonyl (C=O) groups is 1. The van der Waals surface area contributed by atoms with Gasteiger partial charge in [0.2, 0.25) is 0 Å². The van der Waals surface area contributed by atoms with Crippen LogP contribution in [0.2, 0.25) is 0 Å². The summed E-state index contributed by atoms with van der Waals surface area (Å²) < 4.78 is 10.1. The number of methoxy groups -OCH3 is 1. The summed E-state index contributed by atoms with van der Waals surface area (Å²) in [5.74, 6) is -0.0502. The Balaban J connectivity index is 3.08. The molecule has 0 aliphatic carbocycles. The Hall–Kier alpha value is -0.570. The van der Waals surface area contributed by atoms with E-state index in [0.717, 1.165) is 19.3 Å². The maximum absolute atomic E-state index is 11.5. The number of ether oxygens (including phenoxy) is 2. The molecule has 0 radical (unpaired) electrons. The smallest absolute Gasteiger partial charge is 0.305 e. The Morgan fingerprint density at radius 1 is 0.600 bits per heavy atom. The van der Waals surface area contributed by atoms with E-state index in [-0.39, 0.29) is 5.97 Å². The van der Waals surface area contributed by atoms with Crippen LogP contribution in [0.1, 0.15) is 116 Å². The lowest BCUT2D eigenvalue weighted by atomic mass is 10.0. The van der Waals surface area contributed by atoms with Gasteiger partial charge >= 0.3 is 5.97 Å². The third kappa shape index (κ3) is 21.4. The lowest BCUT2D eigenvalue weighted by Gasteiger charge is -2.05. The Morgan fingerprint density at radius 3 is 1.48 bits per heavy atom. The Kier molecular flexibility index (Phi) is 21.0. The molecule has 150 valence electrons. The third-order valence-electron chi connectivity index (χ3n) is 4.74. The number of rotatable bonds is 20. The van der Waals surface area contributed by atoms with Crippen molar-refractivity contribution in [3.63, 3.8) is 0 Å². The van der Waals surface area contributed by atoms with Crippen LogP contribution in [-0.4, -0.2) is 26.3 Å². The summed E-state index contributed by atoms with van der Waals surface area (Å²) in [7, 11) is 1.66. The highest BCUT2D eigenvalue weighted by atomic mass is 16.5. The molecule has 0 unspecified atom stereocenters. The number of unbranched alkanes of at least 4 members (excludes halogenated alkanes) is 14. The first kappa shape index (κ1) is 24.4. The highest BCUT2D eigenvalue weighted by Gasteiger charge is 2.02. The van der Waals surface area contributed by atoms with E-state index < -0.39 is 0 Å². The van der Waals surface area contributed by atoms with Gasteiger partial charge < -0.3 is 9.47 Å². The molecule has 0 N–H and O–H groups in total. The van der Waals surface area contributed by atoms with Gasteiger partial charge in [-0.2, -0.15) is 0 Å². The zero-order chi connectivity index (χ0) is 18.4. The lowest BCUT2D eigenvalue weighted by Crippen LogP contribution is -2.07. The van der Waals surface area contributed by atoms with E-state index in [2.05, 4.69) is 6.92 Å². The Morgan fingerprint density at radius 2 is 1.04 bits per heavy atom. The SMILES string of the molecule is CCCCCCCCCCCCCCCCCC(=O)OCCCOC. The third-order valence-corrected chi connectivity index (χ3v) is 4.74. The summed E-state index contributed by atoms with van der Waals surface area (Å²) in [5, 5.41) is 0. The molecule has 0 amide bonds. The van der Waals surface area contributed by atoms with Gasteiger partial charge in [-0.1, -0.05) is 96.8 Å². The minimum absolute atomic E-state index is 0.0502. The predicted octanol–water partition coefficient (Wildman–Crippen LogP) is 6.83. The van der Waals surface area contributed by atoms with Crippen molar-refractivity contribution in [2.45, 2.75) is 116 Å². The monoisotopic (exact) mass is 356 g/mol. The van der Waals surface area contributed by atoms with Crippen molar-refractivity contribution in [2.24, 2.45) is 0 Å². The normalized spacial score (nSPS) is 11.0. The first-order valence-corrected chi connectivity index (χ1v) is 11.0. The highest BCUT2D eigenvalue weighted by molar-refractivity contribution is 5.69. The van der Waals surface area contributed by atoms with Crippen LogP contribution in [0.5, 0.6) is 0 Å². The van der Waals surface area contributed by atoms with Gasteiger partial charge in [-0.25, -0.2) is 0 Å². The summed E-state index contributed by atoms with van der Waals surface area (Å²) in [6, 6.07) is 0. The van der Waals surface area contributed by atoms with E-state index in [1.54, 1.807) is 7.11 Å². The van der Waals surface area contributed by atoms with Gasteiger partial charge in [0, 0.05) is 26.6 Å². The molecule has 0 aromatic rings. The second-order valence-electron chi connectivity index (χ2n) is 7.27. The largest absolute Gasteiger partial charge is 0.466 e. The molecule has 3 heteroatoms. The first-order valence-electron chi connectivity index (χ1n) is 11.0. The minimum Gasteiger partial charge on any atom is -0.466 e.